The molecule has 2 aromatic rings. The molecule has 1 aromatic heterocycles. The van der Waals surface area contributed by atoms with Crippen molar-refractivity contribution in [3.63, 3.8) is 0 Å². The van der Waals surface area contributed by atoms with Crippen molar-refractivity contribution >= 4 is 5.69 Å². The van der Waals surface area contributed by atoms with E-state index in [2.05, 4.69) is 4.98 Å². The molecule has 4 heteroatoms. The molecular weight excluding hydrogens is 207 g/mol. The van der Waals surface area contributed by atoms with Gasteiger partial charge in [0.15, 0.2) is 0 Å². The summed E-state index contributed by atoms with van der Waals surface area (Å²) >= 11 is 0. The van der Waals surface area contributed by atoms with Gasteiger partial charge in [0, 0.05) is 6.20 Å². The minimum absolute atomic E-state index is 0.132. The van der Waals surface area contributed by atoms with Gasteiger partial charge < -0.3 is 10.5 Å². The van der Waals surface area contributed by atoms with Gasteiger partial charge in [0.1, 0.15) is 18.2 Å². The smallest absolute Gasteiger partial charge is 0.146 e. The Morgan fingerprint density at radius 2 is 2.19 bits per heavy atom. The van der Waals surface area contributed by atoms with Crippen LogP contribution in [0.1, 0.15) is 5.56 Å². The number of nitrogens with zero attached hydrogens (tertiary/aromatic N) is 1. The van der Waals surface area contributed by atoms with Gasteiger partial charge in [0.05, 0.1) is 11.9 Å². The monoisotopic (exact) mass is 218 g/mol. The van der Waals surface area contributed by atoms with Crippen molar-refractivity contribution in [3.8, 4) is 5.75 Å². The minimum atomic E-state index is -0.412. The number of hydrogen-bond acceptors (Lipinski definition) is 3. The molecule has 16 heavy (non-hydrogen) atoms. The molecule has 0 bridgehead atoms. The maximum absolute atomic E-state index is 12.9. The van der Waals surface area contributed by atoms with Crippen molar-refractivity contribution in [2.75, 3.05) is 5.73 Å². The van der Waals surface area contributed by atoms with Crippen LogP contribution < -0.4 is 10.5 Å². The topological polar surface area (TPSA) is 48.1 Å². The summed E-state index contributed by atoms with van der Waals surface area (Å²) in [6.07, 6.45) is 3.29. The van der Waals surface area contributed by atoms with E-state index in [1.54, 1.807) is 36.7 Å². The Bertz CT molecular complexity index is 474. The minimum Gasteiger partial charge on any atom is -0.487 e. The second-order valence-corrected chi connectivity index (χ2v) is 3.33. The zero-order valence-corrected chi connectivity index (χ0v) is 8.56. The Morgan fingerprint density at radius 1 is 1.31 bits per heavy atom. The fourth-order valence-corrected chi connectivity index (χ4v) is 1.28. The van der Waals surface area contributed by atoms with E-state index in [0.29, 0.717) is 12.4 Å². The van der Waals surface area contributed by atoms with Gasteiger partial charge in [-0.25, -0.2) is 4.39 Å². The molecule has 2 N–H and O–H groups in total. The molecule has 0 radical (unpaired) electrons. The summed E-state index contributed by atoms with van der Waals surface area (Å²) in [5, 5.41) is 0. The third-order valence-corrected chi connectivity index (χ3v) is 2.10. The van der Waals surface area contributed by atoms with Gasteiger partial charge >= 0.3 is 0 Å². The Hall–Kier alpha value is -2.10. The Morgan fingerprint density at radius 3 is 2.88 bits per heavy atom. The Kier molecular flexibility index (Phi) is 3.00. The number of rotatable bonds is 3. The average molecular weight is 218 g/mol. The van der Waals surface area contributed by atoms with E-state index in [4.69, 9.17) is 10.5 Å². The number of hydrogen-bond donors (Lipinski definition) is 1. The predicted molar refractivity (Wildman–Crippen MR) is 59.4 cm³/mol. The van der Waals surface area contributed by atoms with Gasteiger partial charge in [0.25, 0.3) is 0 Å². The number of pyridine rings is 1. The van der Waals surface area contributed by atoms with Crippen LogP contribution in [0.3, 0.4) is 0 Å². The van der Waals surface area contributed by atoms with Crippen LogP contribution in [0.15, 0.2) is 42.7 Å². The van der Waals surface area contributed by atoms with E-state index in [9.17, 15) is 4.39 Å². The number of benzene rings is 1. The number of halogens is 1. The predicted octanol–water partition coefficient (Wildman–Crippen LogP) is 2.38. The molecule has 0 atom stereocenters. The molecule has 1 heterocycles. The van der Waals surface area contributed by atoms with Gasteiger partial charge in [-0.1, -0.05) is 6.07 Å². The van der Waals surface area contributed by atoms with Crippen LogP contribution in [0.2, 0.25) is 0 Å². The molecule has 2 rings (SSSR count). The standard InChI is InChI=1S/C12H11FN2O/c13-11-4-3-9(6-12(11)14)8-16-10-2-1-5-15-7-10/h1-7H,8,14H2. The molecule has 3 nitrogen and oxygen atoms in total. The van der Waals surface area contributed by atoms with Crippen molar-refractivity contribution in [1.82, 2.24) is 4.98 Å². The van der Waals surface area contributed by atoms with E-state index < -0.39 is 5.82 Å². The van der Waals surface area contributed by atoms with Crippen LogP contribution in [0.5, 0.6) is 5.75 Å². The summed E-state index contributed by atoms with van der Waals surface area (Å²) in [7, 11) is 0. The van der Waals surface area contributed by atoms with E-state index in [1.165, 1.54) is 6.07 Å². The van der Waals surface area contributed by atoms with Crippen LogP contribution >= 0.6 is 0 Å². The Balaban J connectivity index is 2.03. The van der Waals surface area contributed by atoms with E-state index in [1.807, 2.05) is 0 Å². The first-order chi connectivity index (χ1) is 7.75. The van der Waals surface area contributed by atoms with Crippen LogP contribution in [0, 0.1) is 5.82 Å². The summed E-state index contributed by atoms with van der Waals surface area (Å²) in [4.78, 5) is 3.92. The quantitative estimate of drug-likeness (QED) is 0.804. The fraction of sp³-hybridized carbons (Fsp3) is 0.0833. The molecule has 0 fully saturated rings. The van der Waals surface area contributed by atoms with Crippen molar-refractivity contribution in [2.24, 2.45) is 0 Å². The molecule has 0 saturated heterocycles. The lowest BCUT2D eigenvalue weighted by molar-refractivity contribution is 0.305. The lowest BCUT2D eigenvalue weighted by atomic mass is 10.2. The zero-order chi connectivity index (χ0) is 11.4. The van der Waals surface area contributed by atoms with Crippen molar-refractivity contribution in [1.29, 1.82) is 0 Å². The maximum atomic E-state index is 12.9. The number of nitrogens with two attached hydrogens (primary N) is 1. The highest BCUT2D eigenvalue weighted by molar-refractivity contribution is 5.42. The maximum Gasteiger partial charge on any atom is 0.146 e. The highest BCUT2D eigenvalue weighted by Crippen LogP contribution is 2.14. The summed E-state index contributed by atoms with van der Waals surface area (Å²) in [6.45, 7) is 0.343. The van der Waals surface area contributed by atoms with Gasteiger partial charge in [-0.15, -0.1) is 0 Å². The van der Waals surface area contributed by atoms with Crippen LogP contribution in [0.4, 0.5) is 10.1 Å². The third-order valence-electron chi connectivity index (χ3n) is 2.10. The first-order valence-electron chi connectivity index (χ1n) is 4.82. The number of anilines is 1. The van der Waals surface area contributed by atoms with Crippen LogP contribution in [-0.2, 0) is 6.61 Å². The zero-order valence-electron chi connectivity index (χ0n) is 8.56. The van der Waals surface area contributed by atoms with Crippen LogP contribution in [0.25, 0.3) is 0 Å². The fourth-order valence-electron chi connectivity index (χ4n) is 1.28. The largest absolute Gasteiger partial charge is 0.487 e. The van der Waals surface area contributed by atoms with E-state index in [-0.39, 0.29) is 5.69 Å². The van der Waals surface area contributed by atoms with Gasteiger partial charge in [-0.05, 0) is 29.8 Å². The molecule has 0 aliphatic heterocycles. The SMILES string of the molecule is Nc1cc(COc2cccnc2)ccc1F. The summed E-state index contributed by atoms with van der Waals surface area (Å²) in [5.74, 6) is 0.260. The van der Waals surface area contributed by atoms with Crippen molar-refractivity contribution in [2.45, 2.75) is 6.61 Å². The number of nitrogen functional groups attached to an aromatic ring is 1. The molecular formula is C12H11FN2O. The van der Waals surface area contributed by atoms with Gasteiger partial charge in [-0.2, -0.15) is 0 Å². The highest BCUT2D eigenvalue weighted by atomic mass is 19.1. The highest BCUT2D eigenvalue weighted by Gasteiger charge is 2.00. The average Bonchev–Trinajstić information content (AvgIpc) is 2.32. The molecule has 82 valence electrons. The van der Waals surface area contributed by atoms with Gasteiger partial charge in [0.2, 0.25) is 0 Å². The first-order valence-corrected chi connectivity index (χ1v) is 4.82. The first kappa shape index (κ1) is 10.4. The summed E-state index contributed by atoms with van der Waals surface area (Å²) in [5.41, 5.74) is 6.40. The molecule has 0 aliphatic rings. The van der Waals surface area contributed by atoms with Crippen molar-refractivity contribution in [3.05, 3.63) is 54.1 Å². The molecule has 0 saturated carbocycles. The molecule has 1 aromatic carbocycles. The third kappa shape index (κ3) is 2.48. The number of aromatic nitrogens is 1. The summed E-state index contributed by atoms with van der Waals surface area (Å²) in [6, 6.07) is 8.12. The summed E-state index contributed by atoms with van der Waals surface area (Å²) < 4.78 is 18.3. The Labute approximate surface area is 92.7 Å². The van der Waals surface area contributed by atoms with Crippen molar-refractivity contribution < 1.29 is 9.13 Å². The van der Waals surface area contributed by atoms with Gasteiger partial charge in [-0.3, -0.25) is 4.98 Å². The van der Waals surface area contributed by atoms with Crippen LogP contribution in [-0.4, -0.2) is 4.98 Å². The lowest BCUT2D eigenvalue weighted by Crippen LogP contribution is -1.98. The molecule has 0 amide bonds. The normalized spacial score (nSPS) is 10.1. The second-order valence-electron chi connectivity index (χ2n) is 3.33. The number of ether oxygens (including phenoxy) is 1. The molecule has 0 aliphatic carbocycles. The van der Waals surface area contributed by atoms with E-state index >= 15 is 0 Å². The second kappa shape index (κ2) is 4.61. The lowest BCUT2D eigenvalue weighted by Gasteiger charge is -2.06. The van der Waals surface area contributed by atoms with E-state index in [0.717, 1.165) is 5.56 Å². The molecule has 0 spiro atoms. The molecule has 0 unspecified atom stereocenters.